The average Bonchev–Trinajstić information content (AvgIpc) is 2.46. The summed E-state index contributed by atoms with van der Waals surface area (Å²) in [6.07, 6.45) is 0.912. The summed E-state index contributed by atoms with van der Waals surface area (Å²) in [5.41, 5.74) is 1.52. The molecule has 0 saturated carbocycles. The number of hydrogen-bond acceptors (Lipinski definition) is 2. The summed E-state index contributed by atoms with van der Waals surface area (Å²) in [4.78, 5) is 24.9. The van der Waals surface area contributed by atoms with Gasteiger partial charge in [0.25, 0.3) is 0 Å². The molecule has 0 aliphatic rings. The van der Waals surface area contributed by atoms with Crippen LogP contribution in [0.4, 0.5) is 5.69 Å². The van der Waals surface area contributed by atoms with Crippen molar-refractivity contribution in [2.45, 2.75) is 26.2 Å². The normalized spacial score (nSPS) is 12.0. The van der Waals surface area contributed by atoms with Crippen LogP contribution in [0.25, 0.3) is 0 Å². The Balaban J connectivity index is 3.30. The standard InChI is InChI=1S/C14H17Cl2NO2/c1-3-10(2)11-6-4-5-7-12(11)17(13(18)8-15)14(19)9-16/h4-7,10H,3,8-9H2,1-2H3. The van der Waals surface area contributed by atoms with Gasteiger partial charge in [0.1, 0.15) is 11.8 Å². The van der Waals surface area contributed by atoms with E-state index in [0.29, 0.717) is 5.69 Å². The lowest BCUT2D eigenvalue weighted by atomic mass is 9.96. The summed E-state index contributed by atoms with van der Waals surface area (Å²) in [5, 5.41) is 0. The van der Waals surface area contributed by atoms with Crippen LogP contribution in [0.3, 0.4) is 0 Å². The van der Waals surface area contributed by atoms with Gasteiger partial charge in [0.05, 0.1) is 5.69 Å². The van der Waals surface area contributed by atoms with Gasteiger partial charge in [0, 0.05) is 0 Å². The SMILES string of the molecule is CCC(C)c1ccccc1N(C(=O)CCl)C(=O)CCl. The molecule has 3 nitrogen and oxygen atoms in total. The molecule has 0 radical (unpaired) electrons. The van der Waals surface area contributed by atoms with Gasteiger partial charge >= 0.3 is 0 Å². The Labute approximate surface area is 123 Å². The smallest absolute Gasteiger partial charge is 0.248 e. The number of carbonyl (C=O) groups excluding carboxylic acids is 2. The van der Waals surface area contributed by atoms with Crippen LogP contribution >= 0.6 is 23.2 Å². The van der Waals surface area contributed by atoms with E-state index in [-0.39, 0.29) is 17.7 Å². The Kier molecular flexibility index (Phi) is 6.32. The van der Waals surface area contributed by atoms with Crippen molar-refractivity contribution >= 4 is 40.7 Å². The van der Waals surface area contributed by atoms with Crippen molar-refractivity contribution in [1.82, 2.24) is 0 Å². The molecule has 104 valence electrons. The average molecular weight is 302 g/mol. The number of benzene rings is 1. The number of hydrogen-bond donors (Lipinski definition) is 0. The van der Waals surface area contributed by atoms with E-state index >= 15 is 0 Å². The number of halogens is 2. The lowest BCUT2D eigenvalue weighted by molar-refractivity contribution is -0.123. The first-order valence-corrected chi connectivity index (χ1v) is 7.20. The zero-order valence-corrected chi connectivity index (χ0v) is 12.5. The Bertz CT molecular complexity index is 447. The largest absolute Gasteiger partial charge is 0.273 e. The van der Waals surface area contributed by atoms with E-state index in [1.807, 2.05) is 19.1 Å². The highest BCUT2D eigenvalue weighted by molar-refractivity contribution is 6.37. The molecule has 0 spiro atoms. The highest BCUT2D eigenvalue weighted by atomic mass is 35.5. The summed E-state index contributed by atoms with van der Waals surface area (Å²) >= 11 is 11.2. The number of alkyl halides is 2. The number of carbonyl (C=O) groups is 2. The zero-order valence-electron chi connectivity index (χ0n) is 11.0. The van der Waals surface area contributed by atoms with Crippen molar-refractivity contribution in [3.8, 4) is 0 Å². The van der Waals surface area contributed by atoms with E-state index in [9.17, 15) is 9.59 Å². The summed E-state index contributed by atoms with van der Waals surface area (Å²) in [6.45, 7) is 4.10. The summed E-state index contributed by atoms with van der Waals surface area (Å²) in [7, 11) is 0. The van der Waals surface area contributed by atoms with Gasteiger partial charge < -0.3 is 0 Å². The second-order valence-corrected chi connectivity index (χ2v) is 4.79. The predicted molar refractivity (Wildman–Crippen MR) is 79.1 cm³/mol. The van der Waals surface area contributed by atoms with Crippen LogP contribution in [0, 0.1) is 0 Å². The Morgan fingerprint density at radius 3 is 2.16 bits per heavy atom. The van der Waals surface area contributed by atoms with Crippen molar-refractivity contribution in [1.29, 1.82) is 0 Å². The number of rotatable bonds is 5. The first kappa shape index (κ1) is 16.0. The van der Waals surface area contributed by atoms with Gasteiger partial charge in [0.2, 0.25) is 11.8 Å². The number of imide groups is 1. The van der Waals surface area contributed by atoms with E-state index in [0.717, 1.165) is 16.9 Å². The quantitative estimate of drug-likeness (QED) is 0.780. The van der Waals surface area contributed by atoms with Crippen LogP contribution in [0.5, 0.6) is 0 Å². The first-order valence-electron chi connectivity index (χ1n) is 6.13. The minimum absolute atomic E-state index is 0.241. The third-order valence-electron chi connectivity index (χ3n) is 3.05. The van der Waals surface area contributed by atoms with Crippen molar-refractivity contribution in [2.75, 3.05) is 16.7 Å². The third kappa shape index (κ3) is 3.71. The maximum Gasteiger partial charge on any atom is 0.248 e. The summed E-state index contributed by atoms with van der Waals surface area (Å²) in [5.74, 6) is -1.18. The first-order chi connectivity index (χ1) is 9.06. The molecule has 1 atom stereocenters. The molecule has 0 N–H and O–H groups in total. The number of amides is 2. The van der Waals surface area contributed by atoms with E-state index < -0.39 is 11.8 Å². The van der Waals surface area contributed by atoms with E-state index in [4.69, 9.17) is 23.2 Å². The Morgan fingerprint density at radius 1 is 1.16 bits per heavy atom. The number of para-hydroxylation sites is 1. The molecule has 0 saturated heterocycles. The highest BCUT2D eigenvalue weighted by Crippen LogP contribution is 2.30. The molecule has 2 amide bonds. The molecule has 19 heavy (non-hydrogen) atoms. The molecule has 1 rings (SSSR count). The highest BCUT2D eigenvalue weighted by Gasteiger charge is 2.25. The fourth-order valence-corrected chi connectivity index (χ4v) is 2.09. The van der Waals surface area contributed by atoms with Crippen molar-refractivity contribution < 1.29 is 9.59 Å². The molecule has 5 heteroatoms. The Hall–Kier alpha value is -1.06. The van der Waals surface area contributed by atoms with Gasteiger partial charge in [0.15, 0.2) is 0 Å². The lowest BCUT2D eigenvalue weighted by Crippen LogP contribution is -2.39. The van der Waals surface area contributed by atoms with Crippen molar-refractivity contribution in [2.24, 2.45) is 0 Å². The predicted octanol–water partition coefficient (Wildman–Crippen LogP) is 3.54. The minimum atomic E-state index is -0.455. The molecule has 0 fully saturated rings. The second-order valence-electron chi connectivity index (χ2n) is 4.26. The van der Waals surface area contributed by atoms with Crippen LogP contribution in [-0.2, 0) is 9.59 Å². The molecule has 0 aromatic heterocycles. The Morgan fingerprint density at radius 2 is 1.68 bits per heavy atom. The van der Waals surface area contributed by atoms with Gasteiger partial charge in [-0.25, -0.2) is 4.90 Å². The number of nitrogens with zero attached hydrogens (tertiary/aromatic N) is 1. The summed E-state index contributed by atoms with van der Waals surface area (Å²) < 4.78 is 0. The number of anilines is 1. The van der Waals surface area contributed by atoms with Crippen LogP contribution in [0.2, 0.25) is 0 Å². The maximum atomic E-state index is 11.9. The molecule has 0 aliphatic heterocycles. The van der Waals surface area contributed by atoms with Gasteiger partial charge in [-0.3, -0.25) is 9.59 Å². The van der Waals surface area contributed by atoms with Gasteiger partial charge in [-0.15, -0.1) is 23.2 Å². The second kappa shape index (κ2) is 7.51. The van der Waals surface area contributed by atoms with E-state index in [1.165, 1.54) is 0 Å². The maximum absolute atomic E-state index is 11.9. The molecule has 1 aromatic carbocycles. The van der Waals surface area contributed by atoms with Crippen LogP contribution < -0.4 is 4.90 Å². The van der Waals surface area contributed by atoms with Crippen LogP contribution in [-0.4, -0.2) is 23.6 Å². The zero-order chi connectivity index (χ0) is 14.4. The molecule has 0 aliphatic carbocycles. The third-order valence-corrected chi connectivity index (χ3v) is 3.51. The minimum Gasteiger partial charge on any atom is -0.273 e. The topological polar surface area (TPSA) is 37.4 Å². The van der Waals surface area contributed by atoms with Crippen LogP contribution in [0.15, 0.2) is 24.3 Å². The monoisotopic (exact) mass is 301 g/mol. The molecule has 1 aromatic rings. The molecular formula is C14H17Cl2NO2. The van der Waals surface area contributed by atoms with Gasteiger partial charge in [-0.05, 0) is 24.0 Å². The molecule has 1 unspecified atom stereocenters. The van der Waals surface area contributed by atoms with Crippen LogP contribution in [0.1, 0.15) is 31.7 Å². The summed E-state index contributed by atoms with van der Waals surface area (Å²) in [6, 6.07) is 7.34. The van der Waals surface area contributed by atoms with Crippen molar-refractivity contribution in [3.63, 3.8) is 0 Å². The van der Waals surface area contributed by atoms with Gasteiger partial charge in [-0.2, -0.15) is 0 Å². The van der Waals surface area contributed by atoms with Gasteiger partial charge in [-0.1, -0.05) is 32.0 Å². The van der Waals surface area contributed by atoms with Crippen molar-refractivity contribution in [3.05, 3.63) is 29.8 Å². The van der Waals surface area contributed by atoms with E-state index in [1.54, 1.807) is 12.1 Å². The molecule has 0 heterocycles. The fraction of sp³-hybridized carbons (Fsp3) is 0.429. The molecular weight excluding hydrogens is 285 g/mol. The lowest BCUT2D eigenvalue weighted by Gasteiger charge is -2.24. The fourth-order valence-electron chi connectivity index (χ4n) is 1.86. The van der Waals surface area contributed by atoms with E-state index in [2.05, 4.69) is 6.92 Å². The molecule has 0 bridgehead atoms.